The van der Waals surface area contributed by atoms with Gasteiger partial charge in [-0.2, -0.15) is 0 Å². The summed E-state index contributed by atoms with van der Waals surface area (Å²) in [5.41, 5.74) is 2.68. The molecule has 3 heterocycles. The maximum absolute atomic E-state index is 14.3. The zero-order chi connectivity index (χ0) is 32.8. The van der Waals surface area contributed by atoms with Crippen molar-refractivity contribution in [1.29, 1.82) is 0 Å². The summed E-state index contributed by atoms with van der Waals surface area (Å²) in [7, 11) is 0. The van der Waals surface area contributed by atoms with Crippen LogP contribution in [0.4, 0.5) is 0 Å². The zero-order valence-corrected chi connectivity index (χ0v) is 26.8. The van der Waals surface area contributed by atoms with E-state index in [1.165, 1.54) is 24.2 Å². The van der Waals surface area contributed by atoms with Crippen molar-refractivity contribution in [1.82, 2.24) is 30.7 Å². The summed E-state index contributed by atoms with van der Waals surface area (Å²) in [6.45, 7) is 1.55. The molecule has 3 aromatic rings. The number of carbonyl (C=O) groups excluding carboxylic acids is 4. The van der Waals surface area contributed by atoms with Gasteiger partial charge in [0.25, 0.3) is 0 Å². The summed E-state index contributed by atoms with van der Waals surface area (Å²) in [5, 5.41) is 20.6. The fourth-order valence-electron chi connectivity index (χ4n) is 7.43. The summed E-state index contributed by atoms with van der Waals surface area (Å²) in [6.07, 6.45) is 7.26. The predicted molar refractivity (Wildman–Crippen MR) is 178 cm³/mol. The minimum atomic E-state index is -0.987. The Morgan fingerprint density at radius 2 is 1.60 bits per heavy atom. The number of carbonyl (C=O) groups is 4. The molecule has 1 aromatic heterocycles. The molecule has 0 unspecified atom stereocenters. The molecule has 0 bridgehead atoms. The van der Waals surface area contributed by atoms with Gasteiger partial charge in [-0.05, 0) is 36.0 Å². The molecule has 1 saturated carbocycles. The first-order valence-corrected chi connectivity index (χ1v) is 17.0. The molecule has 2 saturated heterocycles. The lowest BCUT2D eigenvalue weighted by Crippen LogP contribution is -2.57. The smallest absolute Gasteiger partial charge is 0.246 e. The van der Waals surface area contributed by atoms with Crippen LogP contribution in [0.15, 0.2) is 60.8 Å². The number of para-hydroxylation sites is 1. The van der Waals surface area contributed by atoms with Gasteiger partial charge in [0.1, 0.15) is 18.1 Å². The van der Waals surface area contributed by atoms with E-state index in [1.54, 1.807) is 0 Å². The molecule has 5 N–H and O–H groups in total. The second-order valence-electron chi connectivity index (χ2n) is 13.4. The first kappa shape index (κ1) is 32.7. The normalized spacial score (nSPS) is 25.9. The van der Waals surface area contributed by atoms with Crippen molar-refractivity contribution in [2.75, 3.05) is 32.7 Å². The third-order valence-corrected chi connectivity index (χ3v) is 9.85. The van der Waals surface area contributed by atoms with Gasteiger partial charge in [0.2, 0.25) is 23.6 Å². The maximum Gasteiger partial charge on any atom is 0.246 e. The van der Waals surface area contributed by atoms with Crippen LogP contribution in [-0.2, 0) is 32.0 Å². The molecule has 11 nitrogen and oxygen atoms in total. The van der Waals surface area contributed by atoms with Gasteiger partial charge in [-0.15, -0.1) is 0 Å². The number of H-pyrrole nitrogens is 1. The van der Waals surface area contributed by atoms with E-state index in [0.29, 0.717) is 19.0 Å². The SMILES string of the molecule is O=C1CN(CC2CCCCC2)CCNC(=O)[C@H](Cc2ccccc2)NC(=O)[C@@H]2C[C@@H](O)CN2C(=O)[C@@H](Cc2c[nH]c3ccccc23)N1. The largest absolute Gasteiger partial charge is 0.391 e. The topological polar surface area (TPSA) is 147 Å². The van der Waals surface area contributed by atoms with Gasteiger partial charge in [0.15, 0.2) is 0 Å². The number of aromatic nitrogens is 1. The summed E-state index contributed by atoms with van der Waals surface area (Å²) >= 11 is 0. The lowest BCUT2D eigenvalue weighted by molar-refractivity contribution is -0.142. The van der Waals surface area contributed by atoms with Crippen LogP contribution in [0.1, 0.15) is 49.7 Å². The molecule has 3 aliphatic rings. The molecule has 47 heavy (non-hydrogen) atoms. The van der Waals surface area contributed by atoms with Crippen molar-refractivity contribution in [3.05, 3.63) is 71.9 Å². The number of aliphatic hydroxyl groups is 1. The standard InChI is InChI=1S/C36H46N6O5/c43-27-19-32-35(46)40-30(17-24-9-3-1-4-10-24)34(45)37-15-16-41(21-25-11-5-2-6-12-25)23-33(44)39-31(36(47)42(32)22-27)18-26-20-38-29-14-8-7-13-28(26)29/h1,3-4,7-10,13-14,20,25,27,30-32,38,43H,2,5-6,11-12,15-19,21-23H2,(H,37,45)(H,39,44)(H,40,46)/t27-,30+,31-,32+/m1/s1. The first-order chi connectivity index (χ1) is 22.8. The van der Waals surface area contributed by atoms with Crippen molar-refractivity contribution in [2.24, 2.45) is 5.92 Å². The number of benzene rings is 2. The first-order valence-electron chi connectivity index (χ1n) is 17.0. The number of nitrogens with one attached hydrogen (secondary N) is 4. The van der Waals surface area contributed by atoms with E-state index in [0.717, 1.165) is 41.4 Å². The Morgan fingerprint density at radius 3 is 2.40 bits per heavy atom. The van der Waals surface area contributed by atoms with Gasteiger partial charge < -0.3 is 30.9 Å². The minimum absolute atomic E-state index is 0.0411. The van der Waals surface area contributed by atoms with Gasteiger partial charge in [0, 0.05) is 62.5 Å². The molecule has 3 fully saturated rings. The Hall–Kier alpha value is -4.22. The maximum atomic E-state index is 14.3. The highest BCUT2D eigenvalue weighted by molar-refractivity contribution is 5.95. The van der Waals surface area contributed by atoms with E-state index in [4.69, 9.17) is 0 Å². The molecule has 2 aromatic carbocycles. The van der Waals surface area contributed by atoms with Crippen LogP contribution in [0.5, 0.6) is 0 Å². The van der Waals surface area contributed by atoms with Crippen LogP contribution in [0.2, 0.25) is 0 Å². The molecular formula is C36H46N6O5. The molecule has 0 radical (unpaired) electrons. The van der Waals surface area contributed by atoms with Gasteiger partial charge in [0.05, 0.1) is 12.6 Å². The molecule has 0 spiro atoms. The van der Waals surface area contributed by atoms with Gasteiger partial charge in [-0.1, -0.05) is 67.8 Å². The number of aliphatic hydroxyl groups excluding tert-OH is 1. The fourth-order valence-corrected chi connectivity index (χ4v) is 7.43. The monoisotopic (exact) mass is 642 g/mol. The zero-order valence-electron chi connectivity index (χ0n) is 26.8. The summed E-state index contributed by atoms with van der Waals surface area (Å²) in [4.78, 5) is 62.1. The molecule has 1 aliphatic carbocycles. The van der Waals surface area contributed by atoms with Crippen LogP contribution in [-0.4, -0.2) is 100 Å². The Labute approximate surface area is 275 Å². The fraction of sp³-hybridized carbons (Fsp3) is 0.500. The quantitative estimate of drug-likeness (QED) is 0.278. The Balaban J connectivity index is 1.30. The lowest BCUT2D eigenvalue weighted by atomic mass is 9.89. The van der Waals surface area contributed by atoms with E-state index < -0.39 is 36.0 Å². The van der Waals surface area contributed by atoms with E-state index in [1.807, 2.05) is 60.8 Å². The van der Waals surface area contributed by atoms with Gasteiger partial charge >= 0.3 is 0 Å². The van der Waals surface area contributed by atoms with Crippen molar-refractivity contribution in [3.8, 4) is 0 Å². The highest BCUT2D eigenvalue weighted by atomic mass is 16.3. The van der Waals surface area contributed by atoms with Crippen LogP contribution in [0.3, 0.4) is 0 Å². The molecule has 4 atom stereocenters. The van der Waals surface area contributed by atoms with E-state index in [9.17, 15) is 24.3 Å². The lowest BCUT2D eigenvalue weighted by Gasteiger charge is -2.31. The molecule has 2 aliphatic heterocycles. The summed E-state index contributed by atoms with van der Waals surface area (Å²) in [5.74, 6) is -1.08. The number of aromatic amines is 1. The molecule has 4 amide bonds. The van der Waals surface area contributed by atoms with Gasteiger partial charge in [-0.3, -0.25) is 24.1 Å². The molecular weight excluding hydrogens is 596 g/mol. The van der Waals surface area contributed by atoms with Gasteiger partial charge in [-0.25, -0.2) is 0 Å². The number of hydrogen-bond acceptors (Lipinski definition) is 6. The number of nitrogens with zero attached hydrogens (tertiary/aromatic N) is 2. The number of rotatable bonds is 6. The average molecular weight is 643 g/mol. The highest BCUT2D eigenvalue weighted by Crippen LogP contribution is 2.25. The number of hydrogen-bond donors (Lipinski definition) is 5. The third-order valence-electron chi connectivity index (χ3n) is 9.85. The Morgan fingerprint density at radius 1 is 0.830 bits per heavy atom. The van der Waals surface area contributed by atoms with Crippen molar-refractivity contribution < 1.29 is 24.3 Å². The molecule has 250 valence electrons. The van der Waals surface area contributed by atoms with Crippen LogP contribution < -0.4 is 16.0 Å². The summed E-state index contributed by atoms with van der Waals surface area (Å²) in [6, 6.07) is 14.4. The number of amides is 4. The van der Waals surface area contributed by atoms with Crippen LogP contribution in [0, 0.1) is 5.92 Å². The average Bonchev–Trinajstić information content (AvgIpc) is 3.67. The highest BCUT2D eigenvalue weighted by Gasteiger charge is 2.42. The van der Waals surface area contributed by atoms with Crippen molar-refractivity contribution in [3.63, 3.8) is 0 Å². The third kappa shape index (κ3) is 8.20. The minimum Gasteiger partial charge on any atom is -0.391 e. The van der Waals surface area contributed by atoms with E-state index in [-0.39, 0.29) is 44.2 Å². The Bertz CT molecular complexity index is 1550. The Kier molecular flexibility index (Phi) is 10.5. The van der Waals surface area contributed by atoms with Crippen LogP contribution in [0.25, 0.3) is 10.9 Å². The van der Waals surface area contributed by atoms with Crippen molar-refractivity contribution >= 4 is 34.5 Å². The molecule has 11 heteroatoms. The second-order valence-corrected chi connectivity index (χ2v) is 13.4. The predicted octanol–water partition coefficient (Wildman–Crippen LogP) is 1.90. The second kappa shape index (κ2) is 15.1. The van der Waals surface area contributed by atoms with E-state index in [2.05, 4.69) is 25.8 Å². The van der Waals surface area contributed by atoms with E-state index >= 15 is 0 Å². The number of fused-ring (bicyclic) bond motifs is 2. The summed E-state index contributed by atoms with van der Waals surface area (Å²) < 4.78 is 0. The molecule has 6 rings (SSSR count). The van der Waals surface area contributed by atoms with Crippen LogP contribution >= 0.6 is 0 Å². The van der Waals surface area contributed by atoms with Crippen molar-refractivity contribution in [2.45, 2.75) is 75.6 Å².